The van der Waals surface area contributed by atoms with Gasteiger partial charge in [0.05, 0.1) is 6.20 Å². The topological polar surface area (TPSA) is 112 Å². The maximum Gasteiger partial charge on any atom is 0.254 e. The van der Waals surface area contributed by atoms with Crippen LogP contribution in [-0.2, 0) is 14.8 Å². The molecule has 0 aliphatic carbocycles. The van der Waals surface area contributed by atoms with Gasteiger partial charge in [-0.25, -0.2) is 18.4 Å². The van der Waals surface area contributed by atoms with Gasteiger partial charge in [0.2, 0.25) is 11.9 Å². The first-order valence-electron chi connectivity index (χ1n) is 9.92. The summed E-state index contributed by atoms with van der Waals surface area (Å²) >= 11 is 0.960. The van der Waals surface area contributed by atoms with Gasteiger partial charge in [-0.2, -0.15) is 9.29 Å². The van der Waals surface area contributed by atoms with Gasteiger partial charge in [0.25, 0.3) is 10.0 Å². The van der Waals surface area contributed by atoms with Gasteiger partial charge >= 0.3 is 0 Å². The van der Waals surface area contributed by atoms with Crippen LogP contribution >= 0.6 is 11.3 Å². The quantitative estimate of drug-likeness (QED) is 0.724. The first kappa shape index (κ1) is 20.9. The van der Waals surface area contributed by atoms with Crippen molar-refractivity contribution in [2.45, 2.75) is 30.9 Å². The number of hydrogen-bond donors (Lipinski definition) is 1. The zero-order chi connectivity index (χ0) is 21.3. The lowest BCUT2D eigenvalue weighted by atomic mass is 10.3. The van der Waals surface area contributed by atoms with E-state index in [1.165, 1.54) is 30.3 Å². The lowest BCUT2D eigenvalue weighted by Gasteiger charge is -2.34. The lowest BCUT2D eigenvalue weighted by Crippen LogP contribution is -2.49. The molecule has 2 aliphatic heterocycles. The highest BCUT2D eigenvalue weighted by Crippen LogP contribution is 2.27. The predicted molar refractivity (Wildman–Crippen MR) is 116 cm³/mol. The first-order chi connectivity index (χ1) is 14.3. The summed E-state index contributed by atoms with van der Waals surface area (Å²) in [6.45, 7) is 7.05. The molecule has 0 spiro atoms. The number of aryl methyl sites for hydroxylation is 1. The number of carbonyl (C=O) groups excluding carboxylic acids is 1. The molecule has 10 nitrogen and oxygen atoms in total. The van der Waals surface area contributed by atoms with Crippen molar-refractivity contribution in [1.29, 1.82) is 0 Å². The molecule has 1 amide bonds. The maximum atomic E-state index is 12.9. The summed E-state index contributed by atoms with van der Waals surface area (Å²) in [7, 11) is -3.65. The zero-order valence-corrected chi connectivity index (χ0v) is 18.7. The van der Waals surface area contributed by atoms with Crippen molar-refractivity contribution in [3.8, 4) is 0 Å². The van der Waals surface area contributed by atoms with E-state index >= 15 is 0 Å². The molecule has 2 saturated heterocycles. The minimum absolute atomic E-state index is 0.128. The van der Waals surface area contributed by atoms with Crippen molar-refractivity contribution in [3.05, 3.63) is 18.0 Å². The van der Waals surface area contributed by atoms with Gasteiger partial charge < -0.3 is 15.1 Å². The number of anilines is 3. The van der Waals surface area contributed by atoms with Crippen molar-refractivity contribution in [2.24, 2.45) is 0 Å². The number of hydrogen-bond acceptors (Lipinski definition) is 9. The fraction of sp³-hybridized carbons (Fsp3) is 0.556. The van der Waals surface area contributed by atoms with Crippen LogP contribution in [0.3, 0.4) is 0 Å². The number of nitrogens with zero attached hydrogens (tertiary/aromatic N) is 6. The Morgan fingerprint density at radius 3 is 2.43 bits per heavy atom. The minimum Gasteiger partial charge on any atom is -0.356 e. The number of nitrogens with one attached hydrogen (secondary N) is 1. The third kappa shape index (κ3) is 4.40. The van der Waals surface area contributed by atoms with Crippen LogP contribution in [0.15, 0.2) is 16.5 Å². The number of rotatable bonds is 5. The zero-order valence-electron chi connectivity index (χ0n) is 17.0. The van der Waals surface area contributed by atoms with E-state index in [2.05, 4.69) is 20.2 Å². The van der Waals surface area contributed by atoms with Gasteiger partial charge in [-0.05, 0) is 19.8 Å². The van der Waals surface area contributed by atoms with E-state index in [1.807, 2.05) is 17.9 Å². The molecule has 0 unspecified atom stereocenters. The molecule has 2 aromatic heterocycles. The Balaban J connectivity index is 1.44. The van der Waals surface area contributed by atoms with E-state index in [0.29, 0.717) is 32.1 Å². The standard InChI is InChI=1S/C18H25N7O3S2/c1-13-11-15(23-5-3-4-6-23)22-17(20-13)24-7-9-25(10-8-24)30(27,28)16-12-19-18(29-16)21-14(2)26/h11-12H,3-10H2,1-2H3,(H,19,21,26). The third-order valence-corrected chi connectivity index (χ3v) is 8.39. The van der Waals surface area contributed by atoms with Crippen LogP contribution in [0, 0.1) is 6.92 Å². The maximum absolute atomic E-state index is 12.9. The smallest absolute Gasteiger partial charge is 0.254 e. The van der Waals surface area contributed by atoms with Gasteiger partial charge in [0, 0.05) is 58.0 Å². The number of thiazole rings is 1. The van der Waals surface area contributed by atoms with E-state index in [-0.39, 0.29) is 15.2 Å². The molecule has 0 saturated carbocycles. The fourth-order valence-electron chi connectivity index (χ4n) is 3.63. The van der Waals surface area contributed by atoms with Crippen LogP contribution in [0.5, 0.6) is 0 Å². The molecule has 0 bridgehead atoms. The Bertz CT molecular complexity index is 1030. The van der Waals surface area contributed by atoms with Crippen molar-refractivity contribution in [2.75, 3.05) is 54.4 Å². The second kappa shape index (κ2) is 8.44. The number of aromatic nitrogens is 3. The normalized spacial score (nSPS) is 18.1. The van der Waals surface area contributed by atoms with Crippen LogP contribution in [-0.4, -0.2) is 72.9 Å². The summed E-state index contributed by atoms with van der Waals surface area (Å²) in [4.78, 5) is 28.8. The summed E-state index contributed by atoms with van der Waals surface area (Å²) in [6.07, 6.45) is 3.65. The predicted octanol–water partition coefficient (Wildman–Crippen LogP) is 1.31. The van der Waals surface area contributed by atoms with E-state index < -0.39 is 10.0 Å². The van der Waals surface area contributed by atoms with Gasteiger partial charge in [0.1, 0.15) is 5.82 Å². The second-order valence-corrected chi connectivity index (χ2v) is 10.6. The van der Waals surface area contributed by atoms with Crippen molar-refractivity contribution in [3.63, 3.8) is 0 Å². The highest BCUT2D eigenvalue weighted by atomic mass is 32.2. The number of amides is 1. The Morgan fingerprint density at radius 2 is 1.77 bits per heavy atom. The molecule has 2 aliphatic rings. The molecule has 1 N–H and O–H groups in total. The Hall–Kier alpha value is -2.31. The number of carbonyl (C=O) groups is 1. The summed E-state index contributed by atoms with van der Waals surface area (Å²) in [5.41, 5.74) is 0.909. The van der Waals surface area contributed by atoms with Crippen molar-refractivity contribution in [1.82, 2.24) is 19.3 Å². The van der Waals surface area contributed by atoms with Crippen LogP contribution in [0.4, 0.5) is 16.9 Å². The van der Waals surface area contributed by atoms with Gasteiger partial charge in [0.15, 0.2) is 9.34 Å². The van der Waals surface area contributed by atoms with E-state index in [0.717, 1.165) is 35.9 Å². The highest BCUT2D eigenvalue weighted by molar-refractivity contribution is 7.91. The van der Waals surface area contributed by atoms with E-state index in [4.69, 9.17) is 4.98 Å². The largest absolute Gasteiger partial charge is 0.356 e. The summed E-state index contributed by atoms with van der Waals surface area (Å²) in [6, 6.07) is 2.01. The molecule has 4 rings (SSSR count). The minimum atomic E-state index is -3.65. The average molecular weight is 452 g/mol. The third-order valence-electron chi connectivity index (χ3n) is 5.14. The lowest BCUT2D eigenvalue weighted by molar-refractivity contribution is -0.114. The SMILES string of the molecule is CC(=O)Nc1ncc(S(=O)(=O)N2CCN(c3nc(C)cc(N4CCCC4)n3)CC2)s1. The summed E-state index contributed by atoms with van der Waals surface area (Å²) in [5.74, 6) is 1.31. The molecule has 2 aromatic rings. The van der Waals surface area contributed by atoms with Crippen molar-refractivity contribution < 1.29 is 13.2 Å². The summed E-state index contributed by atoms with van der Waals surface area (Å²) < 4.78 is 27.5. The number of sulfonamides is 1. The van der Waals surface area contributed by atoms with Crippen molar-refractivity contribution >= 4 is 44.2 Å². The summed E-state index contributed by atoms with van der Waals surface area (Å²) in [5, 5.41) is 2.80. The average Bonchev–Trinajstić information content (AvgIpc) is 3.39. The fourth-order valence-corrected chi connectivity index (χ4v) is 6.28. The Morgan fingerprint density at radius 1 is 1.07 bits per heavy atom. The number of piperazine rings is 1. The molecule has 162 valence electrons. The molecular formula is C18H25N7O3S2. The Kier molecular flexibility index (Phi) is 5.89. The Labute approximate surface area is 180 Å². The second-order valence-electron chi connectivity index (χ2n) is 7.42. The molecule has 2 fully saturated rings. The van der Waals surface area contributed by atoms with Crippen LogP contribution in [0.2, 0.25) is 0 Å². The monoisotopic (exact) mass is 451 g/mol. The molecular weight excluding hydrogens is 426 g/mol. The molecule has 30 heavy (non-hydrogen) atoms. The van der Waals surface area contributed by atoms with Gasteiger partial charge in [-0.3, -0.25) is 4.79 Å². The van der Waals surface area contributed by atoms with Gasteiger partial charge in [-0.15, -0.1) is 0 Å². The molecule has 4 heterocycles. The van der Waals surface area contributed by atoms with E-state index in [1.54, 1.807) is 0 Å². The molecule has 0 aromatic carbocycles. The molecule has 0 radical (unpaired) electrons. The highest BCUT2D eigenvalue weighted by Gasteiger charge is 2.31. The van der Waals surface area contributed by atoms with Crippen LogP contribution in [0.1, 0.15) is 25.5 Å². The van der Waals surface area contributed by atoms with Crippen LogP contribution < -0.4 is 15.1 Å². The molecule has 0 atom stereocenters. The molecule has 12 heteroatoms. The van der Waals surface area contributed by atoms with Crippen LogP contribution in [0.25, 0.3) is 0 Å². The van der Waals surface area contributed by atoms with Gasteiger partial charge in [-0.1, -0.05) is 11.3 Å². The van der Waals surface area contributed by atoms with E-state index in [9.17, 15) is 13.2 Å². The first-order valence-corrected chi connectivity index (χ1v) is 12.2.